The van der Waals surface area contributed by atoms with E-state index in [4.69, 9.17) is 9.84 Å². The molecule has 7 nitrogen and oxygen atoms in total. The molecule has 0 aliphatic heterocycles. The second-order valence-electron chi connectivity index (χ2n) is 9.64. The van der Waals surface area contributed by atoms with E-state index in [0.717, 1.165) is 35.7 Å². The Bertz CT molecular complexity index is 869. The zero-order valence-electron chi connectivity index (χ0n) is 20.1. The summed E-state index contributed by atoms with van der Waals surface area (Å²) in [4.78, 5) is 28.3. The fourth-order valence-electron chi connectivity index (χ4n) is 4.91. The van der Waals surface area contributed by atoms with Gasteiger partial charge in [-0.1, -0.05) is 45.2 Å². The van der Waals surface area contributed by atoms with Gasteiger partial charge in [0.05, 0.1) is 16.2 Å². The number of rotatable bonds is 9. The number of nitrogens with one attached hydrogen (secondary N) is 1. The fourth-order valence-corrected chi connectivity index (χ4v) is 5.42. The molecule has 0 spiro atoms. The van der Waals surface area contributed by atoms with Crippen molar-refractivity contribution < 1.29 is 24.5 Å². The summed E-state index contributed by atoms with van der Waals surface area (Å²) in [5, 5.41) is 23.4. The molecule has 1 fully saturated rings. The zero-order valence-corrected chi connectivity index (χ0v) is 22.2. The van der Waals surface area contributed by atoms with E-state index in [1.807, 2.05) is 43.0 Å². The molecule has 1 aromatic carbocycles. The molecule has 0 heterocycles. The molecule has 188 valence electrons. The number of hydrogen-bond donors (Lipinski definition) is 3. The number of amides is 2. The second-order valence-corrected chi connectivity index (χ2v) is 10.8. The molecule has 3 N–H and O–H groups in total. The molecule has 0 saturated heterocycles. The lowest BCUT2D eigenvalue weighted by Crippen LogP contribution is -2.58. The number of nitrogens with zero attached hydrogens (tertiary/aromatic N) is 1. The van der Waals surface area contributed by atoms with Crippen LogP contribution in [-0.4, -0.2) is 64.4 Å². The third-order valence-electron chi connectivity index (χ3n) is 6.51. The first-order valence-electron chi connectivity index (χ1n) is 12.3. The van der Waals surface area contributed by atoms with Gasteiger partial charge < -0.3 is 25.2 Å². The topological polar surface area (TPSA) is 99.1 Å². The largest absolute Gasteiger partial charge is 0.482 e. The van der Waals surface area contributed by atoms with Crippen molar-refractivity contribution in [2.45, 2.75) is 83.1 Å². The molecule has 1 saturated carbocycles. The highest BCUT2D eigenvalue weighted by atomic mass is 127. The predicted octanol–water partition coefficient (Wildman–Crippen LogP) is 3.41. The molecule has 1 aromatic rings. The quantitative estimate of drug-likeness (QED) is 0.387. The van der Waals surface area contributed by atoms with Crippen LogP contribution in [0.15, 0.2) is 35.9 Å². The van der Waals surface area contributed by atoms with Gasteiger partial charge >= 0.3 is 0 Å². The Kier molecular flexibility index (Phi) is 10.2. The third-order valence-corrected chi connectivity index (χ3v) is 7.40. The van der Waals surface area contributed by atoms with Crippen LogP contribution in [0.1, 0.15) is 58.8 Å². The van der Waals surface area contributed by atoms with Crippen molar-refractivity contribution in [2.75, 3.05) is 13.2 Å². The van der Waals surface area contributed by atoms with E-state index in [2.05, 4.69) is 27.9 Å². The van der Waals surface area contributed by atoms with E-state index in [9.17, 15) is 14.7 Å². The maximum atomic E-state index is 13.5. The van der Waals surface area contributed by atoms with E-state index < -0.39 is 18.2 Å². The Hall–Kier alpha value is -1.65. The molecule has 0 aromatic heterocycles. The highest BCUT2D eigenvalue weighted by molar-refractivity contribution is 14.1. The second kappa shape index (κ2) is 12.9. The lowest BCUT2D eigenvalue weighted by Gasteiger charge is -2.45. The number of benzene rings is 1. The zero-order chi connectivity index (χ0) is 24.7. The summed E-state index contributed by atoms with van der Waals surface area (Å²) in [6.45, 7) is 4.02. The van der Waals surface area contributed by atoms with Crippen LogP contribution in [0.5, 0.6) is 5.75 Å². The maximum Gasteiger partial charge on any atom is 0.247 e. The Morgan fingerprint density at radius 2 is 1.91 bits per heavy atom. The van der Waals surface area contributed by atoms with Crippen molar-refractivity contribution in [1.82, 2.24) is 10.2 Å². The van der Waals surface area contributed by atoms with Gasteiger partial charge in [-0.05, 0) is 59.6 Å². The number of aliphatic hydroxyl groups excluding tert-OH is 2. The van der Waals surface area contributed by atoms with Gasteiger partial charge in [0.25, 0.3) is 0 Å². The normalized spacial score (nSPS) is 23.4. The lowest BCUT2D eigenvalue weighted by atomic mass is 9.84. The molecule has 0 radical (unpaired) electrons. The molecular formula is C26H37IN2O5. The van der Waals surface area contributed by atoms with Crippen LogP contribution in [-0.2, 0) is 9.59 Å². The number of ether oxygens (including phenoxy) is 1. The summed E-state index contributed by atoms with van der Waals surface area (Å²) in [6, 6.07) is 7.02. The van der Waals surface area contributed by atoms with Gasteiger partial charge in [0.15, 0.2) is 0 Å². The molecule has 34 heavy (non-hydrogen) atoms. The van der Waals surface area contributed by atoms with Crippen LogP contribution in [0.4, 0.5) is 0 Å². The molecule has 0 unspecified atom stereocenters. The van der Waals surface area contributed by atoms with Crippen LogP contribution >= 0.6 is 22.6 Å². The number of carbonyl (C=O) groups is 2. The number of carbonyl (C=O) groups excluding carboxylic acids is 2. The number of hydrogen-bond acceptors (Lipinski definition) is 5. The molecule has 2 amide bonds. The standard InChI is InChI=1S/C26H37IN2O5/c1-17(2)14-24(31)29(19-8-4-3-5-9-19)21-15-18(26(33)28-12-13-30)16-23(25(21)32)34-22-11-7-6-10-20(22)27/h6-7,10-11,16-17,19,21,23,25,30,32H,3-5,8-9,12-15H2,1-2H3,(H,28,33)/t21-,23+,25+/m1/s1. The Labute approximate surface area is 216 Å². The van der Waals surface area contributed by atoms with Crippen molar-refractivity contribution in [3.63, 3.8) is 0 Å². The first-order valence-corrected chi connectivity index (χ1v) is 13.4. The summed E-state index contributed by atoms with van der Waals surface area (Å²) in [7, 11) is 0. The molecule has 2 aliphatic rings. The molecular weight excluding hydrogens is 547 g/mol. The molecule has 8 heteroatoms. The van der Waals surface area contributed by atoms with Crippen LogP contribution < -0.4 is 10.1 Å². The Morgan fingerprint density at radius 3 is 2.56 bits per heavy atom. The summed E-state index contributed by atoms with van der Waals surface area (Å²) in [5.41, 5.74) is 0.470. The minimum absolute atomic E-state index is 0.0241. The van der Waals surface area contributed by atoms with Crippen LogP contribution in [0.3, 0.4) is 0 Å². The summed E-state index contributed by atoms with van der Waals surface area (Å²) in [6.07, 6.45) is 5.66. The fraction of sp³-hybridized carbons (Fsp3) is 0.615. The van der Waals surface area contributed by atoms with Gasteiger partial charge in [-0.15, -0.1) is 0 Å². The van der Waals surface area contributed by atoms with E-state index in [1.54, 1.807) is 6.08 Å². The SMILES string of the molecule is CC(C)CC(=O)N(C1CCCCC1)[C@@H]1CC(C(=O)NCCO)=C[C@H](Oc2ccccc2I)[C@H]1O. The summed E-state index contributed by atoms with van der Waals surface area (Å²) >= 11 is 2.18. The summed E-state index contributed by atoms with van der Waals surface area (Å²) < 4.78 is 7.11. The van der Waals surface area contributed by atoms with Gasteiger partial charge in [0.1, 0.15) is 18.0 Å². The van der Waals surface area contributed by atoms with Crippen molar-refractivity contribution in [2.24, 2.45) is 5.92 Å². The molecule has 3 atom stereocenters. The van der Waals surface area contributed by atoms with E-state index >= 15 is 0 Å². The lowest BCUT2D eigenvalue weighted by molar-refractivity contribution is -0.144. The van der Waals surface area contributed by atoms with Crippen LogP contribution in [0.25, 0.3) is 0 Å². The third kappa shape index (κ3) is 6.95. The first kappa shape index (κ1) is 26.9. The highest BCUT2D eigenvalue weighted by Gasteiger charge is 2.43. The number of para-hydroxylation sites is 1. The van der Waals surface area contributed by atoms with Gasteiger partial charge in [-0.3, -0.25) is 9.59 Å². The number of halogens is 1. The minimum atomic E-state index is -0.969. The average Bonchev–Trinajstić information content (AvgIpc) is 2.81. The van der Waals surface area contributed by atoms with Gasteiger partial charge in [0, 0.05) is 31.0 Å². The minimum Gasteiger partial charge on any atom is -0.482 e. The molecule has 0 bridgehead atoms. The van der Waals surface area contributed by atoms with Crippen molar-refractivity contribution >= 4 is 34.4 Å². The van der Waals surface area contributed by atoms with Crippen molar-refractivity contribution in [3.8, 4) is 5.75 Å². The molecule has 3 rings (SSSR count). The first-order chi connectivity index (χ1) is 16.3. The van der Waals surface area contributed by atoms with Gasteiger partial charge in [-0.2, -0.15) is 0 Å². The highest BCUT2D eigenvalue weighted by Crippen LogP contribution is 2.34. The summed E-state index contributed by atoms with van der Waals surface area (Å²) in [5.74, 6) is 0.537. The van der Waals surface area contributed by atoms with E-state index in [0.29, 0.717) is 17.7 Å². The maximum absolute atomic E-state index is 13.5. The monoisotopic (exact) mass is 584 g/mol. The van der Waals surface area contributed by atoms with Crippen molar-refractivity contribution in [1.29, 1.82) is 0 Å². The molecule has 2 aliphatic carbocycles. The van der Waals surface area contributed by atoms with E-state index in [-0.39, 0.29) is 43.3 Å². The van der Waals surface area contributed by atoms with Crippen LogP contribution in [0, 0.1) is 9.49 Å². The van der Waals surface area contributed by atoms with Crippen LogP contribution in [0.2, 0.25) is 0 Å². The van der Waals surface area contributed by atoms with Crippen molar-refractivity contribution in [3.05, 3.63) is 39.5 Å². The van der Waals surface area contributed by atoms with E-state index in [1.165, 1.54) is 0 Å². The Balaban J connectivity index is 1.95. The smallest absolute Gasteiger partial charge is 0.247 e. The van der Waals surface area contributed by atoms with Gasteiger partial charge in [-0.25, -0.2) is 0 Å². The Morgan fingerprint density at radius 1 is 1.21 bits per heavy atom. The predicted molar refractivity (Wildman–Crippen MR) is 139 cm³/mol. The number of aliphatic hydroxyl groups is 2. The van der Waals surface area contributed by atoms with Gasteiger partial charge in [0.2, 0.25) is 11.8 Å². The average molecular weight is 584 g/mol.